The van der Waals surface area contributed by atoms with E-state index in [0.29, 0.717) is 12.0 Å². The third-order valence-corrected chi connectivity index (χ3v) is 4.85. The number of hydrogen-bond donors (Lipinski definition) is 1. The minimum absolute atomic E-state index is 0.0933. The van der Waals surface area contributed by atoms with E-state index in [9.17, 15) is 0 Å². The van der Waals surface area contributed by atoms with Crippen LogP contribution in [0, 0.1) is 5.92 Å². The minimum atomic E-state index is 0.0933. The lowest BCUT2D eigenvalue weighted by molar-refractivity contribution is 0.174. The Morgan fingerprint density at radius 1 is 1.05 bits per heavy atom. The summed E-state index contributed by atoms with van der Waals surface area (Å²) in [4.78, 5) is 3.93. The third-order valence-electron chi connectivity index (χ3n) is 3.99. The van der Waals surface area contributed by atoms with Crippen LogP contribution in [0.4, 0.5) is 0 Å². The van der Waals surface area contributed by atoms with Crippen LogP contribution in [0.5, 0.6) is 0 Å². The predicted octanol–water partition coefficient (Wildman–Crippen LogP) is 4.29. The van der Waals surface area contributed by atoms with Crippen molar-refractivity contribution in [3.8, 4) is 0 Å². The molecule has 2 atom stereocenters. The van der Waals surface area contributed by atoms with Crippen LogP contribution in [0.3, 0.4) is 0 Å². The quantitative estimate of drug-likeness (QED) is 0.826. The number of benzene rings is 1. The van der Waals surface area contributed by atoms with Crippen molar-refractivity contribution in [2.24, 2.45) is 11.7 Å². The summed E-state index contributed by atoms with van der Waals surface area (Å²) in [5.74, 6) is 0.426. The molecule has 0 aliphatic carbocycles. The third kappa shape index (κ3) is 4.67. The summed E-state index contributed by atoms with van der Waals surface area (Å²) in [5, 5.41) is 2.15. The summed E-state index contributed by atoms with van der Waals surface area (Å²) in [6.45, 7) is 8.80. The van der Waals surface area contributed by atoms with Gasteiger partial charge >= 0.3 is 0 Å². The van der Waals surface area contributed by atoms with Crippen molar-refractivity contribution < 1.29 is 0 Å². The van der Waals surface area contributed by atoms with Gasteiger partial charge in [-0.15, -0.1) is 11.3 Å². The van der Waals surface area contributed by atoms with Crippen molar-refractivity contribution in [1.82, 2.24) is 4.90 Å². The normalized spacial score (nSPS) is 14.6. The minimum Gasteiger partial charge on any atom is -0.324 e. The van der Waals surface area contributed by atoms with Crippen molar-refractivity contribution in [1.29, 1.82) is 0 Å². The zero-order valence-corrected chi connectivity index (χ0v) is 14.0. The lowest BCUT2D eigenvalue weighted by Crippen LogP contribution is -2.37. The lowest BCUT2D eigenvalue weighted by atomic mass is 9.94. The molecular weight excluding hydrogens is 276 g/mol. The molecule has 2 N–H and O–H groups in total. The molecule has 0 radical (unpaired) electrons. The molecule has 1 heterocycles. The maximum absolute atomic E-state index is 6.44. The first-order valence-corrected chi connectivity index (χ1v) is 8.53. The molecule has 0 bridgehead atoms. The van der Waals surface area contributed by atoms with E-state index in [1.54, 1.807) is 0 Å². The Hall–Kier alpha value is -1.16. The Morgan fingerprint density at radius 2 is 1.76 bits per heavy atom. The number of thiophene rings is 1. The maximum atomic E-state index is 6.44. The van der Waals surface area contributed by atoms with Gasteiger partial charge in [0.15, 0.2) is 0 Å². The molecule has 0 spiro atoms. The highest BCUT2D eigenvalue weighted by atomic mass is 32.1. The zero-order chi connectivity index (χ0) is 15.2. The van der Waals surface area contributed by atoms with Crippen LogP contribution in [0.15, 0.2) is 47.8 Å². The van der Waals surface area contributed by atoms with Crippen molar-refractivity contribution in [2.75, 3.05) is 6.54 Å². The fraction of sp³-hybridized carbons (Fsp3) is 0.444. The first kappa shape index (κ1) is 16.2. The highest BCUT2D eigenvalue weighted by molar-refractivity contribution is 7.09. The summed E-state index contributed by atoms with van der Waals surface area (Å²) in [7, 11) is 0. The van der Waals surface area contributed by atoms with Crippen molar-refractivity contribution >= 4 is 11.3 Å². The standard InChI is InChI=1S/C18H26N2S/c1-14(2)20(13-17-10-7-11-21-17)12-15(3)18(19)16-8-5-4-6-9-16/h4-11,14-15,18H,12-13,19H2,1-3H3. The van der Waals surface area contributed by atoms with Gasteiger partial charge in [0.25, 0.3) is 0 Å². The molecule has 0 saturated heterocycles. The SMILES string of the molecule is CC(CN(Cc1cccs1)C(C)C)C(N)c1ccccc1. The van der Waals surface area contributed by atoms with Gasteiger partial charge in [-0.3, -0.25) is 4.90 Å². The van der Waals surface area contributed by atoms with Gasteiger partial charge in [0.2, 0.25) is 0 Å². The second-order valence-electron chi connectivity index (χ2n) is 6.02. The lowest BCUT2D eigenvalue weighted by Gasteiger charge is -2.31. The van der Waals surface area contributed by atoms with Gasteiger partial charge in [0.1, 0.15) is 0 Å². The molecule has 0 saturated carbocycles. The van der Waals surface area contributed by atoms with Crippen LogP contribution >= 0.6 is 11.3 Å². The Labute approximate surface area is 132 Å². The second-order valence-corrected chi connectivity index (χ2v) is 7.05. The van der Waals surface area contributed by atoms with Gasteiger partial charge in [-0.05, 0) is 36.8 Å². The monoisotopic (exact) mass is 302 g/mol. The molecular formula is C18H26N2S. The molecule has 0 aliphatic rings. The van der Waals surface area contributed by atoms with Gasteiger partial charge in [-0.1, -0.05) is 43.3 Å². The zero-order valence-electron chi connectivity index (χ0n) is 13.2. The highest BCUT2D eigenvalue weighted by Crippen LogP contribution is 2.22. The molecule has 2 unspecified atom stereocenters. The molecule has 2 nitrogen and oxygen atoms in total. The van der Waals surface area contributed by atoms with Crippen LogP contribution < -0.4 is 5.73 Å². The Balaban J connectivity index is 1.99. The number of hydrogen-bond acceptors (Lipinski definition) is 3. The van der Waals surface area contributed by atoms with Crippen LogP contribution in [-0.4, -0.2) is 17.5 Å². The number of nitrogens with zero attached hydrogens (tertiary/aromatic N) is 1. The van der Waals surface area contributed by atoms with Crippen molar-refractivity contribution in [3.63, 3.8) is 0 Å². The molecule has 1 aromatic heterocycles. The van der Waals surface area contributed by atoms with Crippen LogP contribution in [0.1, 0.15) is 37.3 Å². The topological polar surface area (TPSA) is 29.3 Å². The Morgan fingerprint density at radius 3 is 2.33 bits per heavy atom. The molecule has 0 aliphatic heterocycles. The second kappa shape index (κ2) is 7.74. The fourth-order valence-corrected chi connectivity index (χ4v) is 3.28. The molecule has 2 rings (SSSR count). The molecule has 3 heteroatoms. The number of rotatable bonds is 7. The van der Waals surface area contributed by atoms with E-state index in [1.165, 1.54) is 10.4 Å². The summed E-state index contributed by atoms with van der Waals surface area (Å²) in [6.07, 6.45) is 0. The van der Waals surface area contributed by atoms with Gasteiger partial charge in [-0.25, -0.2) is 0 Å². The van der Waals surface area contributed by atoms with E-state index >= 15 is 0 Å². The Bertz CT molecular complexity index is 507. The van der Waals surface area contributed by atoms with Crippen molar-refractivity contribution in [3.05, 3.63) is 58.3 Å². The van der Waals surface area contributed by atoms with E-state index in [-0.39, 0.29) is 6.04 Å². The average molecular weight is 302 g/mol. The van der Waals surface area contributed by atoms with E-state index in [0.717, 1.165) is 13.1 Å². The summed E-state index contributed by atoms with van der Waals surface area (Å²) >= 11 is 1.83. The highest BCUT2D eigenvalue weighted by Gasteiger charge is 2.20. The van der Waals surface area contributed by atoms with Crippen LogP contribution in [0.2, 0.25) is 0 Å². The van der Waals surface area contributed by atoms with E-state index in [2.05, 4.69) is 67.4 Å². The molecule has 2 aromatic rings. The van der Waals surface area contributed by atoms with E-state index in [4.69, 9.17) is 5.73 Å². The number of nitrogens with two attached hydrogens (primary N) is 1. The van der Waals surface area contributed by atoms with Crippen LogP contribution in [-0.2, 0) is 6.54 Å². The smallest absolute Gasteiger partial charge is 0.0333 e. The fourth-order valence-electron chi connectivity index (χ4n) is 2.55. The van der Waals surface area contributed by atoms with E-state index < -0.39 is 0 Å². The predicted molar refractivity (Wildman–Crippen MR) is 92.4 cm³/mol. The summed E-state index contributed by atoms with van der Waals surface area (Å²) in [5.41, 5.74) is 7.66. The molecule has 0 fully saturated rings. The average Bonchev–Trinajstić information content (AvgIpc) is 2.99. The van der Waals surface area contributed by atoms with Crippen LogP contribution in [0.25, 0.3) is 0 Å². The molecule has 0 amide bonds. The van der Waals surface area contributed by atoms with Gasteiger partial charge in [0, 0.05) is 30.1 Å². The molecule has 21 heavy (non-hydrogen) atoms. The summed E-state index contributed by atoms with van der Waals surface area (Å²) < 4.78 is 0. The van der Waals surface area contributed by atoms with Gasteiger partial charge in [0.05, 0.1) is 0 Å². The maximum Gasteiger partial charge on any atom is 0.0333 e. The molecule has 1 aromatic carbocycles. The van der Waals surface area contributed by atoms with Gasteiger partial charge < -0.3 is 5.73 Å². The van der Waals surface area contributed by atoms with Gasteiger partial charge in [-0.2, -0.15) is 0 Å². The molecule has 114 valence electrons. The summed E-state index contributed by atoms with van der Waals surface area (Å²) in [6, 6.07) is 15.4. The Kier molecular flexibility index (Phi) is 5.97. The largest absolute Gasteiger partial charge is 0.324 e. The van der Waals surface area contributed by atoms with E-state index in [1.807, 2.05) is 17.4 Å². The van der Waals surface area contributed by atoms with Crippen molar-refractivity contribution in [2.45, 2.75) is 39.4 Å². The first-order chi connectivity index (χ1) is 10.1. The first-order valence-electron chi connectivity index (χ1n) is 7.65.